The van der Waals surface area contributed by atoms with Gasteiger partial charge < -0.3 is 5.11 Å². The summed E-state index contributed by atoms with van der Waals surface area (Å²) in [5, 5.41) is 9.24. The maximum atomic E-state index is 11.8. The smallest absolute Gasteiger partial charge is 0.158 e. The first-order valence-corrected chi connectivity index (χ1v) is 7.51. The van der Waals surface area contributed by atoms with Crippen molar-refractivity contribution in [3.8, 4) is 0 Å². The predicted octanol–water partition coefficient (Wildman–Crippen LogP) is 4.36. The van der Waals surface area contributed by atoms with Crippen LogP contribution in [0.2, 0.25) is 0 Å². The summed E-state index contributed by atoms with van der Waals surface area (Å²) in [6, 6.07) is 0. The Bertz CT molecular complexity index is 448. The van der Waals surface area contributed by atoms with Gasteiger partial charge in [0.15, 0.2) is 5.78 Å². The fraction of sp³-hybridized carbons (Fsp3) is 0.611. The Morgan fingerprint density at radius 3 is 2.70 bits per heavy atom. The number of hydrogen-bond acceptors (Lipinski definition) is 2. The number of aliphatic hydroxyl groups excluding tert-OH is 1. The number of rotatable bonds is 5. The normalized spacial score (nSPS) is 21.7. The van der Waals surface area contributed by atoms with Gasteiger partial charge in [0.1, 0.15) is 0 Å². The van der Waals surface area contributed by atoms with Gasteiger partial charge in [-0.25, -0.2) is 0 Å². The van der Waals surface area contributed by atoms with Crippen LogP contribution in [0.25, 0.3) is 0 Å². The van der Waals surface area contributed by atoms with E-state index in [1.54, 1.807) is 0 Å². The summed E-state index contributed by atoms with van der Waals surface area (Å²) < 4.78 is 0. The van der Waals surface area contributed by atoms with Crippen LogP contribution in [-0.2, 0) is 4.79 Å². The summed E-state index contributed by atoms with van der Waals surface area (Å²) >= 11 is 0. The van der Waals surface area contributed by atoms with Crippen molar-refractivity contribution in [1.29, 1.82) is 0 Å². The monoisotopic (exact) mass is 276 g/mol. The highest BCUT2D eigenvalue weighted by Crippen LogP contribution is 2.39. The van der Waals surface area contributed by atoms with Crippen LogP contribution in [0.4, 0.5) is 0 Å². The third-order valence-electron chi connectivity index (χ3n) is 4.09. The van der Waals surface area contributed by atoms with Crippen molar-refractivity contribution in [2.24, 2.45) is 5.41 Å². The second-order valence-corrected chi connectivity index (χ2v) is 6.55. The van der Waals surface area contributed by atoms with Gasteiger partial charge in [-0.3, -0.25) is 4.79 Å². The first-order chi connectivity index (χ1) is 9.24. The second-order valence-electron chi connectivity index (χ2n) is 6.55. The standard InChI is InChI=1S/C18H28O2/c1-13(7-6-8-14(2)19)9-10-16-15(3)17(20)11-12-18(16,4)5/h7,9-10,14,19H,6,8,11-12H2,1-5H3. The van der Waals surface area contributed by atoms with E-state index in [1.165, 1.54) is 5.57 Å². The lowest BCUT2D eigenvalue weighted by Gasteiger charge is -2.32. The van der Waals surface area contributed by atoms with E-state index in [4.69, 9.17) is 0 Å². The van der Waals surface area contributed by atoms with Crippen molar-refractivity contribution in [2.75, 3.05) is 0 Å². The molecule has 1 unspecified atom stereocenters. The van der Waals surface area contributed by atoms with Crippen molar-refractivity contribution in [3.63, 3.8) is 0 Å². The molecule has 1 N–H and O–H groups in total. The first kappa shape index (κ1) is 16.9. The molecule has 0 aromatic heterocycles. The molecule has 0 amide bonds. The van der Waals surface area contributed by atoms with E-state index in [0.29, 0.717) is 6.42 Å². The van der Waals surface area contributed by atoms with E-state index in [2.05, 4.69) is 39.0 Å². The molecule has 0 aliphatic heterocycles. The van der Waals surface area contributed by atoms with Crippen LogP contribution in [0.5, 0.6) is 0 Å². The average Bonchev–Trinajstić information content (AvgIpc) is 2.33. The third-order valence-corrected chi connectivity index (χ3v) is 4.09. The van der Waals surface area contributed by atoms with Gasteiger partial charge in [-0.1, -0.05) is 37.6 Å². The Morgan fingerprint density at radius 2 is 2.10 bits per heavy atom. The van der Waals surface area contributed by atoms with Gasteiger partial charge in [0.25, 0.3) is 0 Å². The Balaban J connectivity index is 2.81. The highest BCUT2D eigenvalue weighted by Gasteiger charge is 2.30. The van der Waals surface area contributed by atoms with E-state index in [0.717, 1.165) is 30.4 Å². The molecule has 1 atom stereocenters. The molecule has 0 radical (unpaired) electrons. The number of hydrogen-bond donors (Lipinski definition) is 1. The molecule has 1 rings (SSSR count). The molecule has 0 saturated heterocycles. The molecule has 2 heteroatoms. The summed E-state index contributed by atoms with van der Waals surface area (Å²) in [6.07, 6.45) is 9.33. The molecule has 1 aliphatic carbocycles. The van der Waals surface area contributed by atoms with E-state index >= 15 is 0 Å². The van der Waals surface area contributed by atoms with E-state index in [9.17, 15) is 9.90 Å². The molecule has 0 aromatic rings. The number of aliphatic hydroxyl groups is 1. The van der Waals surface area contributed by atoms with Crippen molar-refractivity contribution >= 4 is 5.78 Å². The number of ketones is 1. The van der Waals surface area contributed by atoms with Crippen LogP contribution < -0.4 is 0 Å². The average molecular weight is 276 g/mol. The van der Waals surface area contributed by atoms with Gasteiger partial charge in [0.2, 0.25) is 0 Å². The summed E-state index contributed by atoms with van der Waals surface area (Å²) in [4.78, 5) is 11.8. The molecule has 2 nitrogen and oxygen atoms in total. The molecular weight excluding hydrogens is 248 g/mol. The lowest BCUT2D eigenvalue weighted by molar-refractivity contribution is -0.116. The molecule has 0 saturated carbocycles. The third kappa shape index (κ3) is 4.75. The van der Waals surface area contributed by atoms with E-state index < -0.39 is 0 Å². The molecule has 0 fully saturated rings. The largest absolute Gasteiger partial charge is 0.393 e. The molecule has 0 aromatic carbocycles. The summed E-state index contributed by atoms with van der Waals surface area (Å²) in [5.41, 5.74) is 3.33. The van der Waals surface area contributed by atoms with Crippen molar-refractivity contribution in [1.82, 2.24) is 0 Å². The minimum atomic E-state index is -0.247. The zero-order valence-corrected chi connectivity index (χ0v) is 13.5. The van der Waals surface area contributed by atoms with Crippen molar-refractivity contribution in [3.05, 3.63) is 34.9 Å². The summed E-state index contributed by atoms with van der Waals surface area (Å²) in [7, 11) is 0. The summed E-state index contributed by atoms with van der Waals surface area (Å²) in [5.74, 6) is 0.278. The zero-order chi connectivity index (χ0) is 15.3. The summed E-state index contributed by atoms with van der Waals surface area (Å²) in [6.45, 7) is 10.2. The quantitative estimate of drug-likeness (QED) is 0.758. The van der Waals surface area contributed by atoms with Crippen LogP contribution >= 0.6 is 0 Å². The SMILES string of the molecule is CC(C=CC1=C(C)C(=O)CCC1(C)C)=CCCC(C)O. The molecule has 0 spiro atoms. The van der Waals surface area contributed by atoms with Gasteiger partial charge in [-0.05, 0) is 56.6 Å². The van der Waals surface area contributed by atoms with Crippen molar-refractivity contribution < 1.29 is 9.90 Å². The molecule has 112 valence electrons. The van der Waals surface area contributed by atoms with E-state index in [-0.39, 0.29) is 17.3 Å². The molecule has 1 aliphatic rings. The second kappa shape index (κ2) is 7.03. The maximum Gasteiger partial charge on any atom is 0.158 e. The maximum absolute atomic E-state index is 11.8. The number of carbonyl (C=O) groups excluding carboxylic acids is 1. The fourth-order valence-electron chi connectivity index (χ4n) is 2.59. The van der Waals surface area contributed by atoms with Crippen LogP contribution in [0.15, 0.2) is 34.9 Å². The fourth-order valence-corrected chi connectivity index (χ4v) is 2.59. The highest BCUT2D eigenvalue weighted by atomic mass is 16.3. The van der Waals surface area contributed by atoms with Gasteiger partial charge in [0, 0.05) is 6.42 Å². The molecular formula is C18H28O2. The minimum Gasteiger partial charge on any atom is -0.393 e. The Hall–Kier alpha value is -1.15. The molecule has 0 heterocycles. The minimum absolute atomic E-state index is 0.0778. The van der Waals surface area contributed by atoms with Gasteiger partial charge in [-0.2, -0.15) is 0 Å². The van der Waals surface area contributed by atoms with Crippen LogP contribution in [0.3, 0.4) is 0 Å². The topological polar surface area (TPSA) is 37.3 Å². The van der Waals surface area contributed by atoms with Gasteiger partial charge in [-0.15, -0.1) is 0 Å². The van der Waals surface area contributed by atoms with Crippen LogP contribution in [0.1, 0.15) is 60.3 Å². The van der Waals surface area contributed by atoms with Crippen LogP contribution in [-0.4, -0.2) is 17.0 Å². The Labute approximate surface area is 123 Å². The number of carbonyl (C=O) groups is 1. The van der Waals surface area contributed by atoms with Gasteiger partial charge >= 0.3 is 0 Å². The van der Waals surface area contributed by atoms with E-state index in [1.807, 2.05) is 13.8 Å². The lowest BCUT2D eigenvalue weighted by Crippen LogP contribution is -2.24. The highest BCUT2D eigenvalue weighted by molar-refractivity contribution is 5.97. The zero-order valence-electron chi connectivity index (χ0n) is 13.5. The number of allylic oxidation sites excluding steroid dienone is 6. The molecule has 0 bridgehead atoms. The lowest BCUT2D eigenvalue weighted by atomic mass is 9.72. The van der Waals surface area contributed by atoms with Crippen LogP contribution in [0, 0.1) is 5.41 Å². The Kier molecular flexibility index (Phi) is 5.94. The first-order valence-electron chi connectivity index (χ1n) is 7.51. The number of Topliss-reactive ketones (excluding diaryl/α,β-unsaturated/α-hetero) is 1. The van der Waals surface area contributed by atoms with Gasteiger partial charge in [0.05, 0.1) is 6.10 Å². The van der Waals surface area contributed by atoms with Crippen molar-refractivity contribution in [2.45, 2.75) is 66.4 Å². The predicted molar refractivity (Wildman–Crippen MR) is 84.5 cm³/mol. The Morgan fingerprint density at radius 1 is 1.45 bits per heavy atom. The molecule has 20 heavy (non-hydrogen) atoms.